The predicted octanol–water partition coefficient (Wildman–Crippen LogP) is 4.66. The van der Waals surface area contributed by atoms with Gasteiger partial charge in [0, 0.05) is 10.4 Å². The molecule has 1 aliphatic rings. The fourth-order valence-corrected chi connectivity index (χ4v) is 3.31. The van der Waals surface area contributed by atoms with Crippen molar-refractivity contribution in [2.75, 3.05) is 18.5 Å². The van der Waals surface area contributed by atoms with E-state index in [2.05, 4.69) is 29.8 Å². The third-order valence-electron chi connectivity index (χ3n) is 3.82. The van der Waals surface area contributed by atoms with Crippen LogP contribution in [0.15, 0.2) is 24.3 Å². The van der Waals surface area contributed by atoms with Crippen molar-refractivity contribution in [3.8, 4) is 5.75 Å². The van der Waals surface area contributed by atoms with Crippen molar-refractivity contribution in [1.29, 1.82) is 0 Å². The normalized spacial score (nSPS) is 24.8. The quantitative estimate of drug-likeness (QED) is 0.647. The molecule has 1 heterocycles. The molecule has 0 N–H and O–H groups in total. The number of benzene rings is 1. The lowest BCUT2D eigenvalue weighted by Crippen LogP contribution is -2.39. The minimum Gasteiger partial charge on any atom is -0.493 e. The standard InChI is InChI=1S/C16H22BrClO3/c1-3-13-10-19-15(21-13)16(2,8-9-17)11-20-14-6-4-12(18)5-7-14/h4-7,13,15H,3,8-11H2,1-2H3. The highest BCUT2D eigenvalue weighted by atomic mass is 79.9. The minimum atomic E-state index is -0.215. The number of rotatable bonds is 7. The molecule has 2 rings (SSSR count). The molecule has 1 saturated heterocycles. The summed E-state index contributed by atoms with van der Waals surface area (Å²) in [5, 5.41) is 1.59. The molecule has 1 aliphatic heterocycles. The SMILES string of the molecule is CCC1COC(C(C)(CCBr)COc2ccc(Cl)cc2)O1. The summed E-state index contributed by atoms with van der Waals surface area (Å²) in [6.07, 6.45) is 1.87. The summed E-state index contributed by atoms with van der Waals surface area (Å²) >= 11 is 9.40. The first kappa shape index (κ1) is 17.1. The van der Waals surface area contributed by atoms with Gasteiger partial charge in [0.1, 0.15) is 5.75 Å². The lowest BCUT2D eigenvalue weighted by atomic mass is 9.87. The van der Waals surface area contributed by atoms with Crippen molar-refractivity contribution in [2.45, 2.75) is 39.1 Å². The van der Waals surface area contributed by atoms with Crippen LogP contribution in [0.2, 0.25) is 5.02 Å². The molecule has 0 radical (unpaired) electrons. The van der Waals surface area contributed by atoms with Gasteiger partial charge in [0.15, 0.2) is 6.29 Å². The molecule has 0 aromatic heterocycles. The van der Waals surface area contributed by atoms with Crippen LogP contribution in [0.5, 0.6) is 5.75 Å². The number of alkyl halides is 1. The molecule has 1 aromatic rings. The average Bonchev–Trinajstić information content (AvgIpc) is 2.97. The number of halogens is 2. The smallest absolute Gasteiger partial charge is 0.166 e. The zero-order chi connectivity index (χ0) is 15.3. The van der Waals surface area contributed by atoms with Gasteiger partial charge in [-0.25, -0.2) is 0 Å². The minimum absolute atomic E-state index is 0.187. The van der Waals surface area contributed by atoms with Gasteiger partial charge in [0.25, 0.3) is 0 Å². The second-order valence-electron chi connectivity index (χ2n) is 5.67. The van der Waals surface area contributed by atoms with Crippen LogP contribution in [0.3, 0.4) is 0 Å². The Hall–Kier alpha value is -0.290. The Morgan fingerprint density at radius 1 is 1.38 bits per heavy atom. The molecule has 1 fully saturated rings. The van der Waals surface area contributed by atoms with Gasteiger partial charge >= 0.3 is 0 Å². The Labute approximate surface area is 140 Å². The fraction of sp³-hybridized carbons (Fsp3) is 0.625. The second-order valence-corrected chi connectivity index (χ2v) is 6.90. The molecule has 3 atom stereocenters. The average molecular weight is 378 g/mol. The Morgan fingerprint density at radius 2 is 2.10 bits per heavy atom. The zero-order valence-corrected chi connectivity index (χ0v) is 14.8. The first-order valence-electron chi connectivity index (χ1n) is 7.29. The van der Waals surface area contributed by atoms with E-state index in [0.29, 0.717) is 18.2 Å². The predicted molar refractivity (Wildman–Crippen MR) is 88.4 cm³/mol. The van der Waals surface area contributed by atoms with Crippen LogP contribution in [0, 0.1) is 5.41 Å². The first-order valence-corrected chi connectivity index (χ1v) is 8.79. The third-order valence-corrected chi connectivity index (χ3v) is 4.47. The van der Waals surface area contributed by atoms with Crippen LogP contribution in [0.4, 0.5) is 0 Å². The molecule has 118 valence electrons. The number of hydrogen-bond acceptors (Lipinski definition) is 3. The van der Waals surface area contributed by atoms with Crippen molar-refractivity contribution in [1.82, 2.24) is 0 Å². The molecule has 1 aromatic carbocycles. The maximum absolute atomic E-state index is 5.99. The summed E-state index contributed by atoms with van der Waals surface area (Å²) < 4.78 is 17.7. The van der Waals surface area contributed by atoms with E-state index in [9.17, 15) is 0 Å². The van der Waals surface area contributed by atoms with E-state index in [1.165, 1.54) is 0 Å². The van der Waals surface area contributed by atoms with E-state index in [1.54, 1.807) is 0 Å². The summed E-state index contributed by atoms with van der Waals surface area (Å²) in [6, 6.07) is 7.41. The van der Waals surface area contributed by atoms with E-state index in [1.807, 2.05) is 24.3 Å². The number of ether oxygens (including phenoxy) is 3. The lowest BCUT2D eigenvalue weighted by molar-refractivity contribution is -0.149. The molecule has 21 heavy (non-hydrogen) atoms. The highest BCUT2D eigenvalue weighted by Crippen LogP contribution is 2.35. The van der Waals surface area contributed by atoms with Crippen LogP contribution < -0.4 is 4.74 Å². The summed E-state index contributed by atoms with van der Waals surface area (Å²) in [7, 11) is 0. The van der Waals surface area contributed by atoms with Gasteiger partial charge in [-0.15, -0.1) is 0 Å². The third kappa shape index (κ3) is 4.59. The van der Waals surface area contributed by atoms with Crippen LogP contribution in [0.25, 0.3) is 0 Å². The topological polar surface area (TPSA) is 27.7 Å². The molecule has 5 heteroatoms. The second kappa shape index (κ2) is 7.82. The van der Waals surface area contributed by atoms with Gasteiger partial charge < -0.3 is 14.2 Å². The van der Waals surface area contributed by atoms with Crippen LogP contribution in [-0.2, 0) is 9.47 Å². The Kier molecular flexibility index (Phi) is 6.35. The largest absolute Gasteiger partial charge is 0.493 e. The van der Waals surface area contributed by atoms with Gasteiger partial charge in [-0.2, -0.15) is 0 Å². The molecular weight excluding hydrogens is 356 g/mol. The molecule has 3 unspecified atom stereocenters. The summed E-state index contributed by atoms with van der Waals surface area (Å²) in [4.78, 5) is 0. The van der Waals surface area contributed by atoms with E-state index in [4.69, 9.17) is 25.8 Å². The monoisotopic (exact) mass is 376 g/mol. The van der Waals surface area contributed by atoms with Crippen molar-refractivity contribution in [3.05, 3.63) is 29.3 Å². The first-order chi connectivity index (χ1) is 10.1. The van der Waals surface area contributed by atoms with Gasteiger partial charge in [-0.3, -0.25) is 0 Å². The summed E-state index contributed by atoms with van der Waals surface area (Å²) in [5.74, 6) is 0.810. The maximum atomic E-state index is 5.99. The highest BCUT2D eigenvalue weighted by Gasteiger charge is 2.41. The summed E-state index contributed by atoms with van der Waals surface area (Å²) in [5.41, 5.74) is -0.187. The molecule has 0 bridgehead atoms. The van der Waals surface area contributed by atoms with Gasteiger partial charge in [-0.05, 0) is 37.1 Å². The van der Waals surface area contributed by atoms with Gasteiger partial charge in [0.05, 0.1) is 24.7 Å². The maximum Gasteiger partial charge on any atom is 0.166 e. The lowest BCUT2D eigenvalue weighted by Gasteiger charge is -2.33. The number of hydrogen-bond donors (Lipinski definition) is 0. The molecule has 0 aliphatic carbocycles. The van der Waals surface area contributed by atoms with Crippen LogP contribution >= 0.6 is 27.5 Å². The molecule has 0 saturated carbocycles. The van der Waals surface area contributed by atoms with Gasteiger partial charge in [0.2, 0.25) is 0 Å². The van der Waals surface area contributed by atoms with Crippen molar-refractivity contribution in [3.63, 3.8) is 0 Å². The summed E-state index contributed by atoms with van der Waals surface area (Å²) in [6.45, 7) is 5.47. The highest BCUT2D eigenvalue weighted by molar-refractivity contribution is 9.09. The van der Waals surface area contributed by atoms with Crippen molar-refractivity contribution >= 4 is 27.5 Å². The van der Waals surface area contributed by atoms with Crippen molar-refractivity contribution < 1.29 is 14.2 Å². The molecule has 3 nitrogen and oxygen atoms in total. The Morgan fingerprint density at radius 3 is 2.67 bits per heavy atom. The van der Waals surface area contributed by atoms with Crippen LogP contribution in [0.1, 0.15) is 26.7 Å². The van der Waals surface area contributed by atoms with E-state index in [0.717, 1.165) is 23.9 Å². The fourth-order valence-electron chi connectivity index (χ4n) is 2.28. The van der Waals surface area contributed by atoms with Crippen molar-refractivity contribution in [2.24, 2.45) is 5.41 Å². The Balaban J connectivity index is 1.98. The van der Waals surface area contributed by atoms with Crippen LogP contribution in [-0.4, -0.2) is 30.9 Å². The van der Waals surface area contributed by atoms with E-state index < -0.39 is 0 Å². The molecule has 0 amide bonds. The van der Waals surface area contributed by atoms with Gasteiger partial charge in [-0.1, -0.05) is 41.4 Å². The molecule has 0 spiro atoms. The molecular formula is C16H22BrClO3. The van der Waals surface area contributed by atoms with E-state index >= 15 is 0 Å². The Bertz CT molecular complexity index is 440. The van der Waals surface area contributed by atoms with E-state index in [-0.39, 0.29) is 17.8 Å². The zero-order valence-electron chi connectivity index (χ0n) is 12.5.